The van der Waals surface area contributed by atoms with E-state index in [1.165, 1.54) is 63.4 Å². The van der Waals surface area contributed by atoms with Crippen molar-refractivity contribution in [3.8, 4) is 5.75 Å². The number of hydrogen-bond donors (Lipinski definition) is 0. The monoisotopic (exact) mass is 246 g/mol. The third kappa shape index (κ3) is 4.36. The molecule has 0 atom stereocenters. The maximum absolute atomic E-state index is 6.04. The van der Waals surface area contributed by atoms with E-state index in [9.17, 15) is 0 Å². The van der Waals surface area contributed by atoms with Crippen LogP contribution in [0.4, 0.5) is 0 Å². The summed E-state index contributed by atoms with van der Waals surface area (Å²) in [5.74, 6) is 1.08. The van der Waals surface area contributed by atoms with Crippen LogP contribution in [0.3, 0.4) is 0 Å². The molecule has 100 valence electrons. The van der Waals surface area contributed by atoms with E-state index in [0.717, 1.165) is 5.75 Å². The first-order valence-corrected chi connectivity index (χ1v) is 7.64. The summed E-state index contributed by atoms with van der Waals surface area (Å²) in [4.78, 5) is 0. The first-order valence-electron chi connectivity index (χ1n) is 7.64. The third-order valence-corrected chi connectivity index (χ3v) is 3.82. The lowest BCUT2D eigenvalue weighted by molar-refractivity contribution is 0.210. The molecule has 0 bridgehead atoms. The standard InChI is InChI=1S/C17H26O/c1-2-3-4-5-9-15-10-8-13-17(14-15)18-16-11-6-7-12-16/h8,10,13-14,16H,2-7,9,11-12H2,1H3. The molecule has 0 N–H and O–H groups in total. The Hall–Kier alpha value is -0.980. The molecule has 0 unspecified atom stereocenters. The van der Waals surface area contributed by atoms with Crippen molar-refractivity contribution in [1.82, 2.24) is 0 Å². The molecule has 1 heteroatoms. The second kappa shape index (κ2) is 7.45. The summed E-state index contributed by atoms with van der Waals surface area (Å²) >= 11 is 0. The summed E-state index contributed by atoms with van der Waals surface area (Å²) in [5.41, 5.74) is 1.43. The van der Waals surface area contributed by atoms with E-state index in [1.807, 2.05) is 0 Å². The Kier molecular flexibility index (Phi) is 5.57. The molecule has 18 heavy (non-hydrogen) atoms. The highest BCUT2D eigenvalue weighted by atomic mass is 16.5. The predicted octanol–water partition coefficient (Wildman–Crippen LogP) is 5.13. The topological polar surface area (TPSA) is 9.23 Å². The van der Waals surface area contributed by atoms with Gasteiger partial charge in [-0.3, -0.25) is 0 Å². The Bertz CT molecular complexity index is 339. The molecule has 1 aliphatic rings. The number of ether oxygens (including phenoxy) is 1. The molecule has 1 aliphatic carbocycles. The van der Waals surface area contributed by atoms with Crippen molar-refractivity contribution in [2.45, 2.75) is 70.8 Å². The van der Waals surface area contributed by atoms with Gasteiger partial charge in [-0.15, -0.1) is 0 Å². The molecule has 0 saturated heterocycles. The van der Waals surface area contributed by atoms with Gasteiger partial charge in [0.1, 0.15) is 5.75 Å². The summed E-state index contributed by atoms with van der Waals surface area (Å²) in [5, 5.41) is 0. The molecular weight excluding hydrogens is 220 g/mol. The van der Waals surface area contributed by atoms with E-state index < -0.39 is 0 Å². The van der Waals surface area contributed by atoms with Crippen LogP contribution in [0.15, 0.2) is 24.3 Å². The molecule has 1 aromatic rings. The first kappa shape index (κ1) is 13.5. The van der Waals surface area contributed by atoms with Gasteiger partial charge in [0.05, 0.1) is 6.10 Å². The lowest BCUT2D eigenvalue weighted by atomic mass is 10.1. The molecule has 0 spiro atoms. The number of rotatable bonds is 7. The Morgan fingerprint density at radius 3 is 2.72 bits per heavy atom. The van der Waals surface area contributed by atoms with Gasteiger partial charge in [0.15, 0.2) is 0 Å². The van der Waals surface area contributed by atoms with Gasteiger partial charge in [0.25, 0.3) is 0 Å². The minimum absolute atomic E-state index is 0.473. The van der Waals surface area contributed by atoms with E-state index >= 15 is 0 Å². The SMILES string of the molecule is CCCCCCc1cccc(OC2CCCC2)c1. The van der Waals surface area contributed by atoms with Gasteiger partial charge in [-0.1, -0.05) is 38.3 Å². The Labute approximate surface area is 112 Å². The van der Waals surface area contributed by atoms with Crippen molar-refractivity contribution in [2.75, 3.05) is 0 Å². The second-order valence-electron chi connectivity index (χ2n) is 5.48. The van der Waals surface area contributed by atoms with Gasteiger partial charge in [0.2, 0.25) is 0 Å². The molecule has 0 aromatic heterocycles. The van der Waals surface area contributed by atoms with Crippen LogP contribution >= 0.6 is 0 Å². The lowest BCUT2D eigenvalue weighted by Crippen LogP contribution is -2.10. The van der Waals surface area contributed by atoms with E-state index in [4.69, 9.17) is 4.74 Å². The summed E-state index contributed by atoms with van der Waals surface area (Å²) in [7, 11) is 0. The molecule has 1 saturated carbocycles. The quantitative estimate of drug-likeness (QED) is 0.606. The van der Waals surface area contributed by atoms with Crippen LogP contribution in [0.2, 0.25) is 0 Å². The Morgan fingerprint density at radius 2 is 1.94 bits per heavy atom. The van der Waals surface area contributed by atoms with Gasteiger partial charge in [-0.05, 0) is 56.2 Å². The highest BCUT2D eigenvalue weighted by Crippen LogP contribution is 2.25. The molecule has 0 heterocycles. The van der Waals surface area contributed by atoms with Crippen molar-refractivity contribution in [3.63, 3.8) is 0 Å². The fraction of sp³-hybridized carbons (Fsp3) is 0.647. The zero-order valence-electron chi connectivity index (χ0n) is 11.7. The minimum atomic E-state index is 0.473. The lowest BCUT2D eigenvalue weighted by Gasteiger charge is -2.13. The Morgan fingerprint density at radius 1 is 1.11 bits per heavy atom. The maximum Gasteiger partial charge on any atom is 0.119 e. The van der Waals surface area contributed by atoms with Gasteiger partial charge in [0, 0.05) is 0 Å². The van der Waals surface area contributed by atoms with E-state index in [-0.39, 0.29) is 0 Å². The summed E-state index contributed by atoms with van der Waals surface area (Å²) in [6.45, 7) is 2.26. The number of benzene rings is 1. The predicted molar refractivity (Wildman–Crippen MR) is 77.2 cm³/mol. The minimum Gasteiger partial charge on any atom is -0.490 e. The van der Waals surface area contributed by atoms with Crippen LogP contribution in [0.1, 0.15) is 63.9 Å². The smallest absolute Gasteiger partial charge is 0.119 e. The highest BCUT2D eigenvalue weighted by molar-refractivity contribution is 5.28. The number of hydrogen-bond acceptors (Lipinski definition) is 1. The van der Waals surface area contributed by atoms with Crippen LogP contribution in [0.5, 0.6) is 5.75 Å². The van der Waals surface area contributed by atoms with Crippen LogP contribution in [0.25, 0.3) is 0 Å². The first-order chi connectivity index (χ1) is 8.88. The maximum atomic E-state index is 6.04. The molecule has 0 amide bonds. The van der Waals surface area contributed by atoms with E-state index in [2.05, 4.69) is 31.2 Å². The van der Waals surface area contributed by atoms with Gasteiger partial charge in [-0.25, -0.2) is 0 Å². The average Bonchev–Trinajstić information content (AvgIpc) is 2.88. The average molecular weight is 246 g/mol. The molecule has 1 fully saturated rings. The van der Waals surface area contributed by atoms with Crippen molar-refractivity contribution >= 4 is 0 Å². The van der Waals surface area contributed by atoms with Crippen LogP contribution in [-0.4, -0.2) is 6.10 Å². The molecule has 1 aromatic carbocycles. The van der Waals surface area contributed by atoms with Crippen LogP contribution < -0.4 is 4.74 Å². The summed E-state index contributed by atoms with van der Waals surface area (Å²) < 4.78 is 6.04. The third-order valence-electron chi connectivity index (χ3n) is 3.82. The molecule has 2 rings (SSSR count). The number of unbranched alkanes of at least 4 members (excludes halogenated alkanes) is 3. The molecular formula is C17H26O. The Balaban J connectivity index is 1.80. The zero-order chi connectivity index (χ0) is 12.6. The van der Waals surface area contributed by atoms with Crippen molar-refractivity contribution in [1.29, 1.82) is 0 Å². The van der Waals surface area contributed by atoms with Crippen molar-refractivity contribution in [2.24, 2.45) is 0 Å². The fourth-order valence-corrected chi connectivity index (χ4v) is 2.73. The van der Waals surface area contributed by atoms with Crippen LogP contribution in [-0.2, 0) is 6.42 Å². The highest BCUT2D eigenvalue weighted by Gasteiger charge is 2.16. The van der Waals surface area contributed by atoms with Gasteiger partial charge >= 0.3 is 0 Å². The summed E-state index contributed by atoms with van der Waals surface area (Å²) in [6.07, 6.45) is 12.1. The normalized spacial score (nSPS) is 16.1. The summed E-state index contributed by atoms with van der Waals surface area (Å²) in [6, 6.07) is 8.71. The molecule has 1 nitrogen and oxygen atoms in total. The second-order valence-corrected chi connectivity index (χ2v) is 5.48. The van der Waals surface area contributed by atoms with Crippen molar-refractivity contribution in [3.05, 3.63) is 29.8 Å². The zero-order valence-corrected chi connectivity index (χ0v) is 11.7. The van der Waals surface area contributed by atoms with E-state index in [0.29, 0.717) is 6.10 Å². The van der Waals surface area contributed by atoms with Crippen molar-refractivity contribution < 1.29 is 4.74 Å². The van der Waals surface area contributed by atoms with Crippen LogP contribution in [0, 0.1) is 0 Å². The molecule has 0 radical (unpaired) electrons. The van der Waals surface area contributed by atoms with E-state index in [1.54, 1.807) is 0 Å². The van der Waals surface area contributed by atoms with Gasteiger partial charge < -0.3 is 4.74 Å². The largest absolute Gasteiger partial charge is 0.490 e. The number of aryl methyl sites for hydroxylation is 1. The fourth-order valence-electron chi connectivity index (χ4n) is 2.73. The van der Waals surface area contributed by atoms with Gasteiger partial charge in [-0.2, -0.15) is 0 Å². The molecule has 0 aliphatic heterocycles.